The maximum atomic E-state index is 12.2. The monoisotopic (exact) mass is 311 g/mol. The highest BCUT2D eigenvalue weighted by Crippen LogP contribution is 2.33. The van der Waals surface area contributed by atoms with Crippen LogP contribution in [0.2, 0.25) is 0 Å². The average molecular weight is 311 g/mol. The summed E-state index contributed by atoms with van der Waals surface area (Å²) in [6.45, 7) is 1.07. The van der Waals surface area contributed by atoms with Gasteiger partial charge < -0.3 is 20.2 Å². The highest BCUT2D eigenvalue weighted by atomic mass is 16.4. The van der Waals surface area contributed by atoms with Gasteiger partial charge in [-0.15, -0.1) is 0 Å². The fourth-order valence-electron chi connectivity index (χ4n) is 2.81. The standard InChI is InChI=1S/C15H25N3O4/c1-17(2)15(22)18-7-5-11(6-8-18)13(19)16-12(14(20)21)9-10-3-4-10/h10-12H,3-9H2,1-2H3,(H,16,19)(H,20,21). The van der Waals surface area contributed by atoms with Gasteiger partial charge in [-0.25, -0.2) is 9.59 Å². The SMILES string of the molecule is CN(C)C(=O)N1CCC(C(=O)NC(CC2CC2)C(=O)O)CC1. The zero-order valence-electron chi connectivity index (χ0n) is 13.2. The first-order valence-corrected chi connectivity index (χ1v) is 7.88. The molecule has 0 aromatic carbocycles. The Bertz CT molecular complexity index is 440. The van der Waals surface area contributed by atoms with Crippen molar-refractivity contribution in [1.29, 1.82) is 0 Å². The molecule has 124 valence electrons. The molecule has 7 nitrogen and oxygen atoms in total. The number of rotatable bonds is 5. The molecule has 1 unspecified atom stereocenters. The number of carboxylic acids is 1. The Morgan fingerprint density at radius 2 is 1.77 bits per heavy atom. The molecule has 1 saturated carbocycles. The molecular weight excluding hydrogens is 286 g/mol. The number of nitrogens with zero attached hydrogens (tertiary/aromatic N) is 2. The summed E-state index contributed by atoms with van der Waals surface area (Å²) >= 11 is 0. The smallest absolute Gasteiger partial charge is 0.326 e. The van der Waals surface area contributed by atoms with E-state index in [1.165, 1.54) is 4.90 Å². The van der Waals surface area contributed by atoms with Crippen LogP contribution in [0.5, 0.6) is 0 Å². The first kappa shape index (κ1) is 16.6. The molecule has 0 bridgehead atoms. The predicted octanol–water partition coefficient (Wildman–Crippen LogP) is 0.750. The number of likely N-dealkylation sites (tertiary alicyclic amines) is 1. The fourth-order valence-corrected chi connectivity index (χ4v) is 2.81. The third-order valence-corrected chi connectivity index (χ3v) is 4.40. The number of aliphatic carboxylic acids is 1. The molecule has 0 radical (unpaired) electrons. The molecule has 2 N–H and O–H groups in total. The molecule has 0 aromatic rings. The number of nitrogens with one attached hydrogen (secondary N) is 1. The van der Waals surface area contributed by atoms with E-state index in [0.29, 0.717) is 38.3 Å². The molecule has 1 atom stereocenters. The molecule has 1 saturated heterocycles. The Balaban J connectivity index is 1.81. The van der Waals surface area contributed by atoms with E-state index in [1.807, 2.05) is 0 Å². The van der Waals surface area contributed by atoms with Gasteiger partial charge >= 0.3 is 12.0 Å². The number of piperidine rings is 1. The van der Waals surface area contributed by atoms with Crippen molar-refractivity contribution in [2.45, 2.75) is 38.1 Å². The van der Waals surface area contributed by atoms with Gasteiger partial charge in [-0.05, 0) is 25.2 Å². The lowest BCUT2D eigenvalue weighted by Crippen LogP contribution is -2.49. The summed E-state index contributed by atoms with van der Waals surface area (Å²) in [7, 11) is 3.41. The second-order valence-corrected chi connectivity index (χ2v) is 6.52. The van der Waals surface area contributed by atoms with Gasteiger partial charge in [0.25, 0.3) is 0 Å². The molecule has 1 aliphatic heterocycles. The highest BCUT2D eigenvalue weighted by molar-refractivity contribution is 5.85. The first-order chi connectivity index (χ1) is 10.4. The van der Waals surface area contributed by atoms with Gasteiger partial charge in [0.15, 0.2) is 0 Å². The minimum Gasteiger partial charge on any atom is -0.480 e. The summed E-state index contributed by atoms with van der Waals surface area (Å²) in [5, 5.41) is 11.9. The van der Waals surface area contributed by atoms with E-state index in [-0.39, 0.29) is 17.9 Å². The Hall–Kier alpha value is -1.79. The molecule has 7 heteroatoms. The van der Waals surface area contributed by atoms with E-state index in [0.717, 1.165) is 12.8 Å². The quantitative estimate of drug-likeness (QED) is 0.784. The molecule has 3 amide bonds. The van der Waals surface area contributed by atoms with Gasteiger partial charge in [0.05, 0.1) is 0 Å². The van der Waals surface area contributed by atoms with Crippen molar-refractivity contribution in [3.05, 3.63) is 0 Å². The minimum atomic E-state index is -0.958. The van der Waals surface area contributed by atoms with E-state index in [4.69, 9.17) is 0 Å². The molecule has 2 aliphatic rings. The number of carbonyl (C=O) groups is 3. The zero-order valence-corrected chi connectivity index (χ0v) is 13.2. The normalized spacial score (nSPS) is 20.4. The Morgan fingerprint density at radius 1 is 1.18 bits per heavy atom. The second-order valence-electron chi connectivity index (χ2n) is 6.52. The van der Waals surface area contributed by atoms with Crippen LogP contribution in [0, 0.1) is 11.8 Å². The number of carboxylic acid groups (broad SMARTS) is 1. The maximum Gasteiger partial charge on any atom is 0.326 e. The van der Waals surface area contributed by atoms with Gasteiger partial charge in [0.1, 0.15) is 6.04 Å². The van der Waals surface area contributed by atoms with E-state index in [9.17, 15) is 19.5 Å². The van der Waals surface area contributed by atoms with Gasteiger partial charge in [-0.2, -0.15) is 0 Å². The third kappa shape index (κ3) is 4.35. The van der Waals surface area contributed by atoms with Crippen LogP contribution in [-0.2, 0) is 9.59 Å². The van der Waals surface area contributed by atoms with Crippen LogP contribution >= 0.6 is 0 Å². The minimum absolute atomic E-state index is 0.0454. The number of amides is 3. The molecule has 0 aromatic heterocycles. The maximum absolute atomic E-state index is 12.2. The summed E-state index contributed by atoms with van der Waals surface area (Å²) in [6.07, 6.45) is 3.82. The Morgan fingerprint density at radius 3 is 2.23 bits per heavy atom. The summed E-state index contributed by atoms with van der Waals surface area (Å²) in [5.41, 5.74) is 0. The van der Waals surface area contributed by atoms with E-state index in [1.54, 1.807) is 19.0 Å². The van der Waals surface area contributed by atoms with E-state index in [2.05, 4.69) is 5.32 Å². The highest BCUT2D eigenvalue weighted by Gasteiger charge is 2.33. The molecule has 2 fully saturated rings. The summed E-state index contributed by atoms with van der Waals surface area (Å²) in [4.78, 5) is 38.6. The lowest BCUT2D eigenvalue weighted by molar-refractivity contribution is -0.143. The molecule has 0 spiro atoms. The number of carbonyl (C=O) groups excluding carboxylic acids is 2. The molecular formula is C15H25N3O4. The summed E-state index contributed by atoms with van der Waals surface area (Å²) in [6, 6.07) is -0.822. The van der Waals surface area contributed by atoms with Gasteiger partial charge in [-0.3, -0.25) is 4.79 Å². The van der Waals surface area contributed by atoms with Crippen LogP contribution in [0.1, 0.15) is 32.1 Å². The van der Waals surface area contributed by atoms with E-state index >= 15 is 0 Å². The average Bonchev–Trinajstić information content (AvgIpc) is 3.29. The van der Waals surface area contributed by atoms with Crippen LogP contribution in [0.4, 0.5) is 4.79 Å². The fraction of sp³-hybridized carbons (Fsp3) is 0.800. The van der Waals surface area contributed by atoms with Crippen molar-refractivity contribution >= 4 is 17.9 Å². The molecule has 22 heavy (non-hydrogen) atoms. The Kier molecular flexibility index (Phi) is 5.26. The van der Waals surface area contributed by atoms with Crippen LogP contribution in [-0.4, -0.2) is 66.0 Å². The van der Waals surface area contributed by atoms with Crippen molar-refractivity contribution in [1.82, 2.24) is 15.1 Å². The first-order valence-electron chi connectivity index (χ1n) is 7.88. The number of hydrogen-bond acceptors (Lipinski definition) is 3. The molecule has 1 heterocycles. The third-order valence-electron chi connectivity index (χ3n) is 4.40. The van der Waals surface area contributed by atoms with Crippen molar-refractivity contribution in [2.75, 3.05) is 27.2 Å². The van der Waals surface area contributed by atoms with Crippen molar-refractivity contribution < 1.29 is 19.5 Å². The van der Waals surface area contributed by atoms with Crippen LogP contribution in [0.25, 0.3) is 0 Å². The Labute approximate surface area is 130 Å². The van der Waals surface area contributed by atoms with Crippen LogP contribution in [0.3, 0.4) is 0 Å². The molecule has 2 rings (SSSR count). The zero-order chi connectivity index (χ0) is 16.3. The second kappa shape index (κ2) is 6.98. The topological polar surface area (TPSA) is 90.0 Å². The number of urea groups is 1. The predicted molar refractivity (Wildman–Crippen MR) is 80.3 cm³/mol. The van der Waals surface area contributed by atoms with Gasteiger partial charge in [-0.1, -0.05) is 12.8 Å². The van der Waals surface area contributed by atoms with Crippen LogP contribution < -0.4 is 5.32 Å². The van der Waals surface area contributed by atoms with Gasteiger partial charge in [0.2, 0.25) is 5.91 Å². The van der Waals surface area contributed by atoms with E-state index < -0.39 is 12.0 Å². The largest absolute Gasteiger partial charge is 0.480 e. The van der Waals surface area contributed by atoms with Crippen LogP contribution in [0.15, 0.2) is 0 Å². The van der Waals surface area contributed by atoms with Gasteiger partial charge in [0, 0.05) is 33.1 Å². The lowest BCUT2D eigenvalue weighted by Gasteiger charge is -2.33. The molecule has 1 aliphatic carbocycles. The lowest BCUT2D eigenvalue weighted by atomic mass is 9.95. The summed E-state index contributed by atoms with van der Waals surface area (Å²) in [5.74, 6) is -0.904. The van der Waals surface area contributed by atoms with Crippen molar-refractivity contribution in [3.8, 4) is 0 Å². The van der Waals surface area contributed by atoms with Crippen molar-refractivity contribution in [2.24, 2.45) is 11.8 Å². The van der Waals surface area contributed by atoms with Crippen molar-refractivity contribution in [3.63, 3.8) is 0 Å². The summed E-state index contributed by atoms with van der Waals surface area (Å²) < 4.78 is 0. The number of hydrogen-bond donors (Lipinski definition) is 2.